The Kier molecular flexibility index (Phi) is 7.38. The Balaban J connectivity index is 0.00000280. The fourth-order valence-electron chi connectivity index (χ4n) is 3.21. The number of aryl methyl sites for hydroxylation is 1. The molecule has 2 atom stereocenters. The lowest BCUT2D eigenvalue weighted by atomic mass is 9.94. The summed E-state index contributed by atoms with van der Waals surface area (Å²) in [5.41, 5.74) is 11.2. The van der Waals surface area contributed by atoms with Gasteiger partial charge in [0.05, 0.1) is 17.3 Å². The van der Waals surface area contributed by atoms with Crippen LogP contribution in [-0.2, 0) is 11.3 Å². The van der Waals surface area contributed by atoms with E-state index < -0.39 is 0 Å². The highest BCUT2D eigenvalue weighted by molar-refractivity contribution is 5.85. The first kappa shape index (κ1) is 21.7. The minimum absolute atomic E-state index is 0. The van der Waals surface area contributed by atoms with Crippen molar-refractivity contribution in [3.8, 4) is 5.69 Å². The van der Waals surface area contributed by atoms with Gasteiger partial charge in [-0.25, -0.2) is 4.68 Å². The van der Waals surface area contributed by atoms with Gasteiger partial charge in [0.1, 0.15) is 0 Å². The third kappa shape index (κ3) is 4.61. The van der Waals surface area contributed by atoms with Crippen molar-refractivity contribution in [3.05, 3.63) is 83.2 Å². The standard InChI is InChI=1S/C22H26N4O.ClH/c1-15(21(23)18-10-6-4-7-11-18)22(27)24-14-20-16(2)25-26(17(20)3)19-12-8-5-9-13-19;/h4-13,15,21H,14,23H2,1-3H3,(H,24,27);1H. The Morgan fingerprint density at radius 2 is 1.64 bits per heavy atom. The molecule has 1 heterocycles. The molecule has 148 valence electrons. The summed E-state index contributed by atoms with van der Waals surface area (Å²) in [6, 6.07) is 19.4. The predicted octanol–water partition coefficient (Wildman–Crippen LogP) is 3.86. The van der Waals surface area contributed by atoms with E-state index in [1.807, 2.05) is 86.1 Å². The average Bonchev–Trinajstić information content (AvgIpc) is 3.00. The third-order valence-electron chi connectivity index (χ3n) is 5.02. The zero-order valence-corrected chi connectivity index (χ0v) is 17.2. The fourth-order valence-corrected chi connectivity index (χ4v) is 3.21. The van der Waals surface area contributed by atoms with E-state index >= 15 is 0 Å². The van der Waals surface area contributed by atoms with E-state index in [2.05, 4.69) is 10.4 Å². The minimum atomic E-state index is -0.333. The summed E-state index contributed by atoms with van der Waals surface area (Å²) in [5, 5.41) is 7.65. The van der Waals surface area contributed by atoms with Crippen molar-refractivity contribution in [3.63, 3.8) is 0 Å². The number of hydrogen-bond donors (Lipinski definition) is 2. The summed E-state index contributed by atoms with van der Waals surface area (Å²) in [6.45, 7) is 6.29. The van der Waals surface area contributed by atoms with Crippen molar-refractivity contribution in [1.29, 1.82) is 0 Å². The van der Waals surface area contributed by atoms with E-state index in [0.29, 0.717) is 6.54 Å². The molecular formula is C22H27ClN4O. The van der Waals surface area contributed by atoms with Gasteiger partial charge in [0.25, 0.3) is 0 Å². The number of amides is 1. The number of nitrogens with two attached hydrogens (primary N) is 1. The molecule has 0 aliphatic heterocycles. The van der Waals surface area contributed by atoms with Gasteiger partial charge >= 0.3 is 0 Å². The van der Waals surface area contributed by atoms with Gasteiger partial charge in [0.2, 0.25) is 5.91 Å². The normalized spacial score (nSPS) is 12.7. The maximum Gasteiger partial charge on any atom is 0.225 e. The van der Waals surface area contributed by atoms with Crippen LogP contribution in [0.5, 0.6) is 0 Å². The summed E-state index contributed by atoms with van der Waals surface area (Å²) in [5.74, 6) is -0.380. The number of carbonyl (C=O) groups is 1. The maximum absolute atomic E-state index is 12.6. The second kappa shape index (κ2) is 9.53. The highest BCUT2D eigenvalue weighted by atomic mass is 35.5. The van der Waals surface area contributed by atoms with Gasteiger partial charge < -0.3 is 11.1 Å². The van der Waals surface area contributed by atoms with Crippen LogP contribution in [-0.4, -0.2) is 15.7 Å². The van der Waals surface area contributed by atoms with E-state index in [9.17, 15) is 4.79 Å². The first-order valence-electron chi connectivity index (χ1n) is 9.17. The first-order valence-corrected chi connectivity index (χ1v) is 9.17. The second-order valence-electron chi connectivity index (χ2n) is 6.84. The molecule has 0 fully saturated rings. The number of nitrogens with zero attached hydrogens (tertiary/aromatic N) is 2. The monoisotopic (exact) mass is 398 g/mol. The molecule has 28 heavy (non-hydrogen) atoms. The van der Waals surface area contributed by atoms with Gasteiger partial charge in [-0.1, -0.05) is 55.5 Å². The highest BCUT2D eigenvalue weighted by Gasteiger charge is 2.22. The van der Waals surface area contributed by atoms with Crippen LogP contribution in [0, 0.1) is 19.8 Å². The minimum Gasteiger partial charge on any atom is -0.352 e. The Labute approximate surface area is 172 Å². The summed E-state index contributed by atoms with van der Waals surface area (Å²) in [7, 11) is 0. The van der Waals surface area contributed by atoms with Crippen molar-refractivity contribution in [2.75, 3.05) is 0 Å². The molecule has 0 radical (unpaired) electrons. The van der Waals surface area contributed by atoms with Gasteiger partial charge in [-0.2, -0.15) is 5.10 Å². The quantitative estimate of drug-likeness (QED) is 0.662. The lowest BCUT2D eigenvalue weighted by molar-refractivity contribution is -0.125. The molecule has 2 aromatic carbocycles. The largest absolute Gasteiger partial charge is 0.352 e. The van der Waals surface area contributed by atoms with Gasteiger partial charge in [-0.15, -0.1) is 12.4 Å². The van der Waals surface area contributed by atoms with Crippen LogP contribution < -0.4 is 11.1 Å². The average molecular weight is 399 g/mol. The smallest absolute Gasteiger partial charge is 0.225 e. The molecule has 3 rings (SSSR count). The van der Waals surface area contributed by atoms with Gasteiger partial charge in [-0.05, 0) is 31.5 Å². The highest BCUT2D eigenvalue weighted by Crippen LogP contribution is 2.21. The molecule has 0 saturated carbocycles. The number of aromatic nitrogens is 2. The van der Waals surface area contributed by atoms with Crippen molar-refractivity contribution in [2.45, 2.75) is 33.4 Å². The molecule has 1 amide bonds. The number of nitrogens with one attached hydrogen (secondary N) is 1. The fraction of sp³-hybridized carbons (Fsp3) is 0.273. The van der Waals surface area contributed by atoms with Crippen LogP contribution in [0.3, 0.4) is 0 Å². The van der Waals surface area contributed by atoms with Crippen LogP contribution in [0.2, 0.25) is 0 Å². The zero-order chi connectivity index (χ0) is 19.4. The summed E-state index contributed by atoms with van der Waals surface area (Å²) >= 11 is 0. The van der Waals surface area contributed by atoms with Gasteiger partial charge in [0, 0.05) is 23.8 Å². The van der Waals surface area contributed by atoms with Crippen LogP contribution in [0.1, 0.15) is 35.5 Å². The van der Waals surface area contributed by atoms with E-state index in [1.54, 1.807) is 0 Å². The Morgan fingerprint density at radius 3 is 2.25 bits per heavy atom. The Morgan fingerprint density at radius 1 is 1.07 bits per heavy atom. The molecule has 0 aliphatic rings. The summed E-state index contributed by atoms with van der Waals surface area (Å²) in [6.07, 6.45) is 0. The Hall–Kier alpha value is -2.63. The van der Waals surface area contributed by atoms with Crippen LogP contribution in [0.4, 0.5) is 0 Å². The molecule has 3 aromatic rings. The van der Waals surface area contributed by atoms with Gasteiger partial charge in [-0.3, -0.25) is 4.79 Å². The molecule has 1 aromatic heterocycles. The van der Waals surface area contributed by atoms with Crippen LogP contribution in [0.25, 0.3) is 5.69 Å². The number of hydrogen-bond acceptors (Lipinski definition) is 3. The SMILES string of the molecule is Cc1nn(-c2ccccc2)c(C)c1CNC(=O)C(C)C(N)c1ccccc1.Cl. The van der Waals surface area contributed by atoms with Crippen molar-refractivity contribution < 1.29 is 4.79 Å². The maximum atomic E-state index is 12.6. The number of rotatable bonds is 6. The first-order chi connectivity index (χ1) is 13.0. The van der Waals surface area contributed by atoms with E-state index in [4.69, 9.17) is 5.73 Å². The molecule has 5 nitrogen and oxygen atoms in total. The molecule has 3 N–H and O–H groups in total. The Bertz CT molecular complexity index is 909. The topological polar surface area (TPSA) is 72.9 Å². The molecule has 6 heteroatoms. The van der Waals surface area contributed by atoms with Crippen LogP contribution in [0.15, 0.2) is 60.7 Å². The zero-order valence-electron chi connectivity index (χ0n) is 16.4. The molecule has 0 saturated heterocycles. The number of carbonyl (C=O) groups excluding carboxylic acids is 1. The van der Waals surface area contributed by atoms with Gasteiger partial charge in [0.15, 0.2) is 0 Å². The second-order valence-corrected chi connectivity index (χ2v) is 6.84. The van der Waals surface area contributed by atoms with Crippen molar-refractivity contribution in [1.82, 2.24) is 15.1 Å². The van der Waals surface area contributed by atoms with E-state index in [-0.39, 0.29) is 30.3 Å². The van der Waals surface area contributed by atoms with E-state index in [0.717, 1.165) is 28.2 Å². The third-order valence-corrected chi connectivity index (χ3v) is 5.02. The molecule has 0 spiro atoms. The van der Waals surface area contributed by atoms with E-state index in [1.165, 1.54) is 0 Å². The van der Waals surface area contributed by atoms with Crippen molar-refractivity contribution >= 4 is 18.3 Å². The number of halogens is 1. The predicted molar refractivity (Wildman–Crippen MR) is 115 cm³/mol. The number of benzene rings is 2. The molecular weight excluding hydrogens is 372 g/mol. The lowest BCUT2D eigenvalue weighted by Crippen LogP contribution is -2.35. The number of para-hydroxylation sites is 1. The summed E-state index contributed by atoms with van der Waals surface area (Å²) in [4.78, 5) is 12.6. The molecule has 2 unspecified atom stereocenters. The lowest BCUT2D eigenvalue weighted by Gasteiger charge is -2.20. The molecule has 0 bridgehead atoms. The summed E-state index contributed by atoms with van der Waals surface area (Å²) < 4.78 is 1.91. The van der Waals surface area contributed by atoms with Crippen molar-refractivity contribution in [2.24, 2.45) is 11.7 Å². The van der Waals surface area contributed by atoms with Crippen LogP contribution >= 0.6 is 12.4 Å². The molecule has 0 aliphatic carbocycles.